The Morgan fingerprint density at radius 1 is 1.41 bits per heavy atom. The van der Waals surface area contributed by atoms with E-state index in [9.17, 15) is 9.90 Å². The van der Waals surface area contributed by atoms with Crippen LogP contribution >= 0.6 is 0 Å². The predicted molar refractivity (Wildman–Crippen MR) is 97.4 cm³/mol. The van der Waals surface area contributed by atoms with E-state index >= 15 is 0 Å². The van der Waals surface area contributed by atoms with E-state index in [1.165, 1.54) is 0 Å². The zero-order valence-corrected chi connectivity index (χ0v) is 15.0. The summed E-state index contributed by atoms with van der Waals surface area (Å²) in [5.41, 5.74) is 3.55. The van der Waals surface area contributed by atoms with Gasteiger partial charge in [0, 0.05) is 43.2 Å². The number of rotatable bonds is 6. The van der Waals surface area contributed by atoms with Gasteiger partial charge in [0.15, 0.2) is 6.04 Å². The minimum absolute atomic E-state index is 0.527. The van der Waals surface area contributed by atoms with Gasteiger partial charge in [-0.2, -0.15) is 5.10 Å². The minimum Gasteiger partial charge on any atom is -0.496 e. The second-order valence-electron chi connectivity index (χ2n) is 6.58. The van der Waals surface area contributed by atoms with Crippen molar-refractivity contribution < 1.29 is 14.6 Å². The lowest BCUT2D eigenvalue weighted by Crippen LogP contribution is -2.39. The van der Waals surface area contributed by atoms with Gasteiger partial charge in [-0.15, -0.1) is 0 Å². The van der Waals surface area contributed by atoms with Gasteiger partial charge in [0.1, 0.15) is 5.75 Å². The van der Waals surface area contributed by atoms with Crippen molar-refractivity contribution in [2.45, 2.75) is 25.6 Å². The van der Waals surface area contributed by atoms with E-state index in [-0.39, 0.29) is 0 Å². The molecule has 0 aliphatic carbocycles. The molecule has 4 rings (SSSR count). The molecule has 0 spiro atoms. The maximum absolute atomic E-state index is 11.9. The Hall–Kier alpha value is -3.13. The quantitative estimate of drug-likeness (QED) is 0.690. The maximum Gasteiger partial charge on any atom is 0.327 e. The molecule has 1 atom stereocenters. The first-order valence-electron chi connectivity index (χ1n) is 8.78. The topological polar surface area (TPSA) is 96.3 Å². The van der Waals surface area contributed by atoms with Gasteiger partial charge in [-0.25, -0.2) is 4.98 Å². The number of imidazole rings is 1. The van der Waals surface area contributed by atoms with Crippen LogP contribution in [-0.4, -0.2) is 49.4 Å². The van der Waals surface area contributed by atoms with Crippen molar-refractivity contribution >= 4 is 5.97 Å². The fraction of sp³-hybridized carbons (Fsp3) is 0.316. The van der Waals surface area contributed by atoms with Crippen LogP contribution in [0.2, 0.25) is 0 Å². The summed E-state index contributed by atoms with van der Waals surface area (Å²) in [6, 6.07) is 7.09. The Morgan fingerprint density at radius 2 is 2.30 bits per heavy atom. The molecule has 0 saturated carbocycles. The molecule has 140 valence electrons. The Bertz CT molecular complexity index is 935. The second-order valence-corrected chi connectivity index (χ2v) is 6.58. The highest BCUT2D eigenvalue weighted by molar-refractivity contribution is 5.75. The zero-order chi connectivity index (χ0) is 18.8. The third kappa shape index (κ3) is 3.43. The monoisotopic (exact) mass is 367 g/mol. The Kier molecular flexibility index (Phi) is 4.64. The molecule has 0 saturated heterocycles. The van der Waals surface area contributed by atoms with Gasteiger partial charge in [0.25, 0.3) is 0 Å². The maximum atomic E-state index is 11.9. The summed E-state index contributed by atoms with van der Waals surface area (Å²) in [6.07, 6.45) is 5.97. The van der Waals surface area contributed by atoms with Gasteiger partial charge in [0.05, 0.1) is 25.7 Å². The normalized spacial score (nSPS) is 16.9. The van der Waals surface area contributed by atoms with Crippen LogP contribution in [0.1, 0.15) is 28.6 Å². The molecule has 8 nitrogen and oxygen atoms in total. The summed E-state index contributed by atoms with van der Waals surface area (Å²) in [5, 5.41) is 14.0. The van der Waals surface area contributed by atoms with Gasteiger partial charge in [0.2, 0.25) is 0 Å². The molecule has 2 N–H and O–H groups in total. The molecule has 8 heteroatoms. The number of ether oxygens (including phenoxy) is 1. The fourth-order valence-electron chi connectivity index (χ4n) is 3.63. The summed E-state index contributed by atoms with van der Waals surface area (Å²) >= 11 is 0. The third-order valence-electron chi connectivity index (χ3n) is 4.88. The van der Waals surface area contributed by atoms with Crippen LogP contribution in [0.25, 0.3) is 0 Å². The lowest BCUT2D eigenvalue weighted by atomic mass is 10.0. The Balaban J connectivity index is 1.59. The number of nitrogens with zero attached hydrogens (tertiary/aromatic N) is 4. The van der Waals surface area contributed by atoms with Crippen LogP contribution in [0.5, 0.6) is 5.75 Å². The van der Waals surface area contributed by atoms with E-state index < -0.39 is 12.0 Å². The SMILES string of the molecule is COc1ccc(CN2CCc3[nH]cnc3C2C(=O)O)cc1Cn1cccn1. The zero-order valence-electron chi connectivity index (χ0n) is 15.0. The highest BCUT2D eigenvalue weighted by Crippen LogP contribution is 2.30. The molecule has 0 bridgehead atoms. The van der Waals surface area contributed by atoms with Crippen LogP contribution in [0.4, 0.5) is 0 Å². The Labute approximate surface area is 156 Å². The van der Waals surface area contributed by atoms with E-state index in [0.29, 0.717) is 25.3 Å². The molecule has 3 aromatic rings. The number of carboxylic acids is 1. The number of hydrogen-bond donors (Lipinski definition) is 2. The molecule has 3 heterocycles. The average Bonchev–Trinajstić information content (AvgIpc) is 3.33. The molecule has 0 radical (unpaired) electrons. The number of carboxylic acid groups (broad SMARTS) is 1. The summed E-state index contributed by atoms with van der Waals surface area (Å²) in [6.45, 7) is 1.78. The van der Waals surface area contributed by atoms with Crippen LogP contribution < -0.4 is 4.74 Å². The van der Waals surface area contributed by atoms with E-state index in [4.69, 9.17) is 4.74 Å². The number of methoxy groups -OCH3 is 1. The van der Waals surface area contributed by atoms with Crippen molar-refractivity contribution in [2.75, 3.05) is 13.7 Å². The average molecular weight is 367 g/mol. The number of fused-ring (bicyclic) bond motifs is 1. The molecular formula is C19H21N5O3. The number of benzene rings is 1. The van der Waals surface area contributed by atoms with Crippen LogP contribution in [-0.2, 0) is 24.3 Å². The molecule has 1 aromatic carbocycles. The number of aromatic nitrogens is 4. The number of H-pyrrole nitrogens is 1. The summed E-state index contributed by atoms with van der Waals surface area (Å²) in [4.78, 5) is 21.1. The van der Waals surface area contributed by atoms with E-state index in [1.54, 1.807) is 19.6 Å². The fourth-order valence-corrected chi connectivity index (χ4v) is 3.63. The molecule has 0 fully saturated rings. The van der Waals surface area contributed by atoms with Gasteiger partial charge in [-0.05, 0) is 23.8 Å². The second kappa shape index (κ2) is 7.24. The highest BCUT2D eigenvalue weighted by atomic mass is 16.5. The first-order chi connectivity index (χ1) is 13.2. The van der Waals surface area contributed by atoms with E-state index in [2.05, 4.69) is 21.1 Å². The van der Waals surface area contributed by atoms with Gasteiger partial charge in [-0.1, -0.05) is 6.07 Å². The molecule has 1 aliphatic heterocycles. The van der Waals surface area contributed by atoms with E-state index in [1.807, 2.05) is 34.0 Å². The lowest BCUT2D eigenvalue weighted by Gasteiger charge is -2.32. The van der Waals surface area contributed by atoms with Crippen molar-refractivity contribution in [3.63, 3.8) is 0 Å². The number of nitrogens with one attached hydrogen (secondary N) is 1. The largest absolute Gasteiger partial charge is 0.496 e. The molecular weight excluding hydrogens is 346 g/mol. The summed E-state index contributed by atoms with van der Waals surface area (Å²) in [5.74, 6) is -0.0920. The third-order valence-corrected chi connectivity index (χ3v) is 4.88. The summed E-state index contributed by atoms with van der Waals surface area (Å²) in [7, 11) is 1.64. The van der Waals surface area contributed by atoms with Crippen molar-refractivity contribution in [1.82, 2.24) is 24.6 Å². The van der Waals surface area contributed by atoms with E-state index in [0.717, 1.165) is 29.0 Å². The molecule has 0 amide bonds. The molecule has 1 aliphatic rings. The minimum atomic E-state index is -0.881. The van der Waals surface area contributed by atoms with Gasteiger partial charge < -0.3 is 14.8 Å². The number of aliphatic carboxylic acids is 1. The molecule has 2 aromatic heterocycles. The Morgan fingerprint density at radius 3 is 3.04 bits per heavy atom. The lowest BCUT2D eigenvalue weighted by molar-refractivity contribution is -0.144. The van der Waals surface area contributed by atoms with Crippen molar-refractivity contribution in [3.8, 4) is 5.75 Å². The number of carbonyl (C=O) groups is 1. The van der Waals surface area contributed by atoms with Crippen molar-refractivity contribution in [1.29, 1.82) is 0 Å². The first-order valence-corrected chi connectivity index (χ1v) is 8.78. The van der Waals surface area contributed by atoms with Crippen LogP contribution in [0.3, 0.4) is 0 Å². The standard InChI is InChI=1S/C19H21N5O3/c1-27-16-4-3-13(9-14(16)11-24-7-2-6-22-24)10-23-8-5-15-17(21-12-20-15)18(23)19(25)26/h2-4,6-7,9,12,18H,5,8,10-11H2,1H3,(H,20,21)(H,25,26). The smallest absolute Gasteiger partial charge is 0.327 e. The van der Waals surface area contributed by atoms with Crippen LogP contribution in [0, 0.1) is 0 Å². The first kappa shape index (κ1) is 17.3. The van der Waals surface area contributed by atoms with Crippen LogP contribution in [0.15, 0.2) is 43.0 Å². The van der Waals surface area contributed by atoms with Gasteiger partial charge in [-0.3, -0.25) is 14.4 Å². The van der Waals surface area contributed by atoms with Crippen molar-refractivity contribution in [2.24, 2.45) is 0 Å². The molecule has 1 unspecified atom stereocenters. The van der Waals surface area contributed by atoms with Gasteiger partial charge >= 0.3 is 5.97 Å². The highest BCUT2D eigenvalue weighted by Gasteiger charge is 2.35. The summed E-state index contributed by atoms with van der Waals surface area (Å²) < 4.78 is 7.30. The predicted octanol–water partition coefficient (Wildman–Crippen LogP) is 1.85. The number of aromatic amines is 1. The number of hydrogen-bond acceptors (Lipinski definition) is 5. The molecule has 27 heavy (non-hydrogen) atoms. The van der Waals surface area contributed by atoms with Crippen molar-refractivity contribution in [3.05, 3.63) is 65.5 Å².